The number of halogens is 2. The van der Waals surface area contributed by atoms with Crippen LogP contribution in [0.1, 0.15) is 38.7 Å². The minimum atomic E-state index is -1.09. The zero-order chi connectivity index (χ0) is 16.5. The predicted molar refractivity (Wildman–Crippen MR) is 87.3 cm³/mol. The van der Waals surface area contributed by atoms with Gasteiger partial charge in [0.1, 0.15) is 9.75 Å². The molecule has 0 aliphatic heterocycles. The second kappa shape index (κ2) is 6.09. The first-order valence-electron chi connectivity index (χ1n) is 7.11. The number of anilines is 1. The lowest BCUT2D eigenvalue weighted by Crippen LogP contribution is -2.27. The molecule has 1 amide bonds. The van der Waals surface area contributed by atoms with E-state index in [9.17, 15) is 9.59 Å². The lowest BCUT2D eigenvalue weighted by atomic mass is 10.0. The third-order valence-corrected chi connectivity index (χ3v) is 5.00. The fraction of sp³-hybridized carbons (Fsp3) is 0.500. The van der Waals surface area contributed by atoms with E-state index in [1.807, 2.05) is 38.1 Å². The Balaban J connectivity index is 1.91. The van der Waals surface area contributed by atoms with Crippen molar-refractivity contribution >= 4 is 40.8 Å². The first-order valence-corrected chi connectivity index (χ1v) is 7.87. The third-order valence-electron chi connectivity index (χ3n) is 3.90. The van der Waals surface area contributed by atoms with Crippen LogP contribution in [-0.2, 0) is 14.3 Å². The van der Waals surface area contributed by atoms with E-state index in [2.05, 4.69) is 5.32 Å². The van der Waals surface area contributed by atoms with Gasteiger partial charge in [-0.2, -0.15) is 0 Å². The number of nitrogens with one attached hydrogen (secondary N) is 1. The van der Waals surface area contributed by atoms with Gasteiger partial charge >= 0.3 is 5.97 Å². The number of amides is 1. The van der Waals surface area contributed by atoms with E-state index in [4.69, 9.17) is 27.9 Å². The predicted octanol–water partition coefficient (Wildman–Crippen LogP) is 3.88. The van der Waals surface area contributed by atoms with Crippen molar-refractivity contribution in [3.8, 4) is 0 Å². The molecule has 1 atom stereocenters. The Morgan fingerprint density at radius 1 is 1.32 bits per heavy atom. The van der Waals surface area contributed by atoms with Crippen LogP contribution in [0.3, 0.4) is 0 Å². The summed E-state index contributed by atoms with van der Waals surface area (Å²) in [6.07, 6.45) is 0.333. The van der Waals surface area contributed by atoms with E-state index in [0.717, 1.165) is 11.3 Å². The Kier molecular flexibility index (Phi) is 4.73. The summed E-state index contributed by atoms with van der Waals surface area (Å²) in [5.41, 5.74) is 0.823. The quantitative estimate of drug-likeness (QED) is 0.652. The summed E-state index contributed by atoms with van der Waals surface area (Å²) in [4.78, 5) is 23.8. The van der Waals surface area contributed by atoms with Crippen LogP contribution >= 0.6 is 23.2 Å². The van der Waals surface area contributed by atoms with Gasteiger partial charge in [-0.3, -0.25) is 9.59 Å². The molecule has 1 saturated carbocycles. The lowest BCUT2D eigenvalue weighted by Gasteiger charge is -2.15. The van der Waals surface area contributed by atoms with Gasteiger partial charge in [0.15, 0.2) is 6.61 Å². The van der Waals surface area contributed by atoms with Crippen LogP contribution in [0, 0.1) is 5.41 Å². The summed E-state index contributed by atoms with van der Waals surface area (Å²) in [6.45, 7) is 5.35. The molecule has 6 heteroatoms. The number of hydrogen-bond acceptors (Lipinski definition) is 3. The Hall–Kier alpha value is -1.26. The van der Waals surface area contributed by atoms with Crippen molar-refractivity contribution in [2.24, 2.45) is 5.41 Å². The maximum absolute atomic E-state index is 11.9. The number of alkyl halides is 2. The van der Waals surface area contributed by atoms with Crippen LogP contribution in [0.5, 0.6) is 0 Å². The molecule has 1 fully saturated rings. The van der Waals surface area contributed by atoms with Crippen molar-refractivity contribution < 1.29 is 14.3 Å². The third kappa shape index (κ3) is 3.39. The van der Waals surface area contributed by atoms with Crippen LogP contribution in [0.2, 0.25) is 0 Å². The molecule has 120 valence electrons. The van der Waals surface area contributed by atoms with Crippen molar-refractivity contribution in [2.75, 3.05) is 11.9 Å². The molecule has 0 aromatic heterocycles. The number of carbonyl (C=O) groups excluding carboxylic acids is 2. The van der Waals surface area contributed by atoms with Crippen molar-refractivity contribution in [2.45, 2.75) is 37.4 Å². The molecule has 1 aromatic carbocycles. The number of hydrogen-bond donors (Lipinski definition) is 1. The molecule has 0 saturated heterocycles. The summed E-state index contributed by atoms with van der Waals surface area (Å²) in [5.74, 6) is -0.664. The maximum Gasteiger partial charge on any atom is 0.315 e. The zero-order valence-electron chi connectivity index (χ0n) is 12.8. The monoisotopic (exact) mass is 343 g/mol. The van der Waals surface area contributed by atoms with Gasteiger partial charge < -0.3 is 10.1 Å². The SMILES string of the molecule is CC(C)c1ccccc1NC(=O)COC(=O)C1(C)CC1(Cl)Cl. The van der Waals surface area contributed by atoms with E-state index in [1.54, 1.807) is 6.92 Å². The van der Waals surface area contributed by atoms with Crippen LogP contribution in [0.25, 0.3) is 0 Å². The van der Waals surface area contributed by atoms with Crippen molar-refractivity contribution in [3.63, 3.8) is 0 Å². The highest BCUT2D eigenvalue weighted by Gasteiger charge is 2.69. The summed E-state index contributed by atoms with van der Waals surface area (Å²) in [6, 6.07) is 7.53. The summed E-state index contributed by atoms with van der Waals surface area (Å²) >= 11 is 11.8. The van der Waals surface area contributed by atoms with Gasteiger partial charge in [-0.15, -0.1) is 23.2 Å². The van der Waals surface area contributed by atoms with Crippen LogP contribution in [0.4, 0.5) is 5.69 Å². The van der Waals surface area contributed by atoms with E-state index < -0.39 is 15.7 Å². The zero-order valence-corrected chi connectivity index (χ0v) is 14.3. The molecule has 0 spiro atoms. The molecular weight excluding hydrogens is 325 g/mol. The summed E-state index contributed by atoms with van der Waals surface area (Å²) in [7, 11) is 0. The minimum absolute atomic E-state index is 0.275. The highest BCUT2D eigenvalue weighted by molar-refractivity contribution is 6.53. The van der Waals surface area contributed by atoms with E-state index in [-0.39, 0.29) is 18.4 Å². The minimum Gasteiger partial charge on any atom is -0.455 e. The number of esters is 1. The molecule has 1 aliphatic rings. The molecule has 1 unspecified atom stereocenters. The molecule has 22 heavy (non-hydrogen) atoms. The lowest BCUT2D eigenvalue weighted by molar-refractivity contribution is -0.152. The Labute approximate surface area is 140 Å². The molecule has 1 N–H and O–H groups in total. The number of rotatable bonds is 5. The van der Waals surface area contributed by atoms with Crippen LogP contribution in [-0.4, -0.2) is 22.8 Å². The molecule has 1 aliphatic carbocycles. The topological polar surface area (TPSA) is 55.4 Å². The molecule has 2 rings (SSSR count). The van der Waals surface area contributed by atoms with Gasteiger partial charge in [-0.1, -0.05) is 32.0 Å². The fourth-order valence-corrected chi connectivity index (χ4v) is 2.90. The van der Waals surface area contributed by atoms with E-state index >= 15 is 0 Å². The summed E-state index contributed by atoms with van der Waals surface area (Å²) < 4.78 is 3.93. The molecule has 1 aromatic rings. The first kappa shape index (κ1) is 17.1. The first-order chi connectivity index (χ1) is 10.2. The Morgan fingerprint density at radius 3 is 2.45 bits per heavy atom. The van der Waals surface area contributed by atoms with Crippen LogP contribution < -0.4 is 5.32 Å². The second-order valence-electron chi connectivity index (χ2n) is 6.08. The standard InChI is InChI=1S/C16H19Cl2NO3/c1-10(2)11-6-4-5-7-12(11)19-13(20)8-22-14(21)15(3)9-16(15,17)18/h4-7,10H,8-9H2,1-3H3,(H,19,20). The van der Waals surface area contributed by atoms with Crippen LogP contribution in [0.15, 0.2) is 24.3 Å². The van der Waals surface area contributed by atoms with Crippen molar-refractivity contribution in [1.29, 1.82) is 0 Å². The van der Waals surface area contributed by atoms with Gasteiger partial charge in [-0.05, 0) is 24.5 Å². The van der Waals surface area contributed by atoms with Gasteiger partial charge in [0.05, 0.1) is 0 Å². The number of benzene rings is 1. The van der Waals surface area contributed by atoms with Gasteiger partial charge in [-0.25, -0.2) is 0 Å². The molecular formula is C16H19Cl2NO3. The average molecular weight is 344 g/mol. The smallest absolute Gasteiger partial charge is 0.315 e. The largest absolute Gasteiger partial charge is 0.455 e. The maximum atomic E-state index is 11.9. The van der Waals surface area contributed by atoms with E-state index in [1.165, 1.54) is 0 Å². The van der Waals surface area contributed by atoms with Crippen molar-refractivity contribution in [1.82, 2.24) is 0 Å². The second-order valence-corrected chi connectivity index (χ2v) is 7.56. The van der Waals surface area contributed by atoms with Gasteiger partial charge in [0.25, 0.3) is 5.91 Å². The number of carbonyl (C=O) groups is 2. The molecule has 0 heterocycles. The summed E-state index contributed by atoms with van der Waals surface area (Å²) in [5, 5.41) is 2.76. The normalized spacial score (nSPS) is 22.3. The fourth-order valence-electron chi connectivity index (χ4n) is 2.21. The van der Waals surface area contributed by atoms with Gasteiger partial charge in [0.2, 0.25) is 0 Å². The molecule has 0 bridgehead atoms. The van der Waals surface area contributed by atoms with Gasteiger partial charge in [0, 0.05) is 12.1 Å². The highest BCUT2D eigenvalue weighted by atomic mass is 35.5. The van der Waals surface area contributed by atoms with E-state index in [0.29, 0.717) is 6.42 Å². The Morgan fingerprint density at radius 2 is 1.91 bits per heavy atom. The molecule has 4 nitrogen and oxygen atoms in total. The molecule has 0 radical (unpaired) electrons. The Bertz CT molecular complexity index is 601. The number of ether oxygens (including phenoxy) is 1. The highest BCUT2D eigenvalue weighted by Crippen LogP contribution is 2.64. The average Bonchev–Trinajstić information content (AvgIpc) is 2.96. The number of para-hydroxylation sites is 1. The van der Waals surface area contributed by atoms with Crippen molar-refractivity contribution in [3.05, 3.63) is 29.8 Å².